The summed E-state index contributed by atoms with van der Waals surface area (Å²) in [5, 5.41) is 0. The van der Waals surface area contributed by atoms with E-state index in [1.165, 1.54) is 10.8 Å². The fourth-order valence-electron chi connectivity index (χ4n) is 1.73. The van der Waals surface area contributed by atoms with Crippen molar-refractivity contribution in [1.29, 1.82) is 0 Å². The molecular formula is C8H10F3N3. The molecule has 0 saturated carbocycles. The number of aryl methyl sites for hydroxylation is 1. The number of alkyl halides is 3. The van der Waals surface area contributed by atoms with E-state index in [1.807, 2.05) is 0 Å². The molecule has 0 bridgehead atoms. The van der Waals surface area contributed by atoms with Gasteiger partial charge >= 0.3 is 6.18 Å². The first-order chi connectivity index (χ1) is 6.47. The average molecular weight is 205 g/mol. The molecule has 14 heavy (non-hydrogen) atoms. The molecule has 0 fully saturated rings. The molecule has 2 N–H and O–H groups in total. The summed E-state index contributed by atoms with van der Waals surface area (Å²) in [4.78, 5) is 3.94. The van der Waals surface area contributed by atoms with Crippen molar-refractivity contribution in [1.82, 2.24) is 9.55 Å². The molecule has 2 heterocycles. The molecule has 6 heteroatoms. The van der Waals surface area contributed by atoms with Crippen molar-refractivity contribution in [3.8, 4) is 0 Å². The van der Waals surface area contributed by atoms with E-state index in [-0.39, 0.29) is 13.0 Å². The number of halogens is 3. The summed E-state index contributed by atoms with van der Waals surface area (Å²) in [6, 6.07) is 0. The number of nitrogen functional groups attached to an aromatic ring is 1. The first kappa shape index (κ1) is 9.36. The Morgan fingerprint density at radius 1 is 1.50 bits per heavy atom. The molecule has 0 amide bonds. The van der Waals surface area contributed by atoms with Crippen LogP contribution in [0, 0.1) is 5.92 Å². The Morgan fingerprint density at radius 2 is 2.21 bits per heavy atom. The van der Waals surface area contributed by atoms with E-state index in [1.54, 1.807) is 0 Å². The molecule has 1 aliphatic heterocycles. The van der Waals surface area contributed by atoms with Crippen LogP contribution in [0.25, 0.3) is 0 Å². The number of hydrogen-bond acceptors (Lipinski definition) is 2. The standard InChI is InChI=1S/C8H10F3N3/c9-8(10,11)5-1-2-7-13-6(12)4-14(7)3-5/h4-5H,1-3,12H2/t5-/m1/s1. The lowest BCUT2D eigenvalue weighted by atomic mass is 9.99. The van der Waals surface area contributed by atoms with Gasteiger partial charge in [0.25, 0.3) is 0 Å². The van der Waals surface area contributed by atoms with Gasteiger partial charge in [0.15, 0.2) is 0 Å². The van der Waals surface area contributed by atoms with Crippen LogP contribution >= 0.6 is 0 Å². The molecule has 1 atom stereocenters. The molecule has 0 unspecified atom stereocenters. The molecule has 3 nitrogen and oxygen atoms in total. The molecule has 0 spiro atoms. The van der Waals surface area contributed by atoms with Gasteiger partial charge in [-0.1, -0.05) is 0 Å². The van der Waals surface area contributed by atoms with Crippen molar-refractivity contribution in [3.63, 3.8) is 0 Å². The van der Waals surface area contributed by atoms with E-state index in [0.717, 1.165) is 0 Å². The van der Waals surface area contributed by atoms with Crippen molar-refractivity contribution in [2.24, 2.45) is 5.92 Å². The maximum atomic E-state index is 12.4. The summed E-state index contributed by atoms with van der Waals surface area (Å²) in [5.74, 6) is -0.311. The van der Waals surface area contributed by atoms with Gasteiger partial charge < -0.3 is 10.3 Å². The number of nitrogens with zero attached hydrogens (tertiary/aromatic N) is 2. The number of fused-ring (bicyclic) bond motifs is 1. The van der Waals surface area contributed by atoms with Gasteiger partial charge in [0.2, 0.25) is 0 Å². The zero-order valence-corrected chi connectivity index (χ0v) is 7.38. The zero-order valence-electron chi connectivity index (χ0n) is 7.38. The molecule has 0 radical (unpaired) electrons. The molecule has 1 aliphatic rings. The van der Waals surface area contributed by atoms with Crippen LogP contribution in [0.4, 0.5) is 19.0 Å². The minimum absolute atomic E-state index is 0.0525. The predicted octanol–water partition coefficient (Wildman–Crippen LogP) is 1.59. The highest BCUT2D eigenvalue weighted by atomic mass is 19.4. The van der Waals surface area contributed by atoms with E-state index in [2.05, 4.69) is 4.98 Å². The molecule has 2 rings (SSSR count). The second-order valence-corrected chi connectivity index (χ2v) is 3.51. The van der Waals surface area contributed by atoms with Crippen LogP contribution in [0.2, 0.25) is 0 Å². The second kappa shape index (κ2) is 2.90. The fourth-order valence-corrected chi connectivity index (χ4v) is 1.73. The Balaban J connectivity index is 2.21. The van der Waals surface area contributed by atoms with E-state index in [9.17, 15) is 13.2 Å². The first-order valence-electron chi connectivity index (χ1n) is 4.35. The largest absolute Gasteiger partial charge is 0.393 e. The number of anilines is 1. The van der Waals surface area contributed by atoms with Gasteiger partial charge in [-0.15, -0.1) is 0 Å². The molecule has 1 aromatic rings. The number of imidazole rings is 1. The SMILES string of the molecule is Nc1cn2c(n1)CC[C@@H](C(F)(F)F)C2. The lowest BCUT2D eigenvalue weighted by Crippen LogP contribution is -2.31. The lowest BCUT2D eigenvalue weighted by Gasteiger charge is -2.25. The van der Waals surface area contributed by atoms with Gasteiger partial charge in [-0.05, 0) is 6.42 Å². The monoisotopic (exact) mass is 205 g/mol. The third-order valence-electron chi connectivity index (χ3n) is 2.47. The van der Waals surface area contributed by atoms with Crippen LogP contribution in [0.15, 0.2) is 6.20 Å². The normalized spacial score (nSPS) is 22.1. The lowest BCUT2D eigenvalue weighted by molar-refractivity contribution is -0.182. The summed E-state index contributed by atoms with van der Waals surface area (Å²) in [6.45, 7) is -0.0525. The van der Waals surface area contributed by atoms with Crippen LogP contribution in [0.3, 0.4) is 0 Å². The predicted molar refractivity (Wildman–Crippen MR) is 44.5 cm³/mol. The van der Waals surface area contributed by atoms with E-state index < -0.39 is 12.1 Å². The van der Waals surface area contributed by atoms with Crippen LogP contribution in [-0.2, 0) is 13.0 Å². The van der Waals surface area contributed by atoms with Gasteiger partial charge in [0.1, 0.15) is 11.6 Å². The molecule has 1 aromatic heterocycles. The maximum absolute atomic E-state index is 12.4. The summed E-state index contributed by atoms with van der Waals surface area (Å²) >= 11 is 0. The van der Waals surface area contributed by atoms with Gasteiger partial charge in [-0.2, -0.15) is 13.2 Å². The first-order valence-corrected chi connectivity index (χ1v) is 4.35. The second-order valence-electron chi connectivity index (χ2n) is 3.51. The van der Waals surface area contributed by atoms with E-state index >= 15 is 0 Å². The van der Waals surface area contributed by atoms with Crippen molar-refractivity contribution in [2.45, 2.75) is 25.6 Å². The van der Waals surface area contributed by atoms with Crippen molar-refractivity contribution >= 4 is 5.82 Å². The summed E-state index contributed by atoms with van der Waals surface area (Å²) in [5.41, 5.74) is 5.40. The maximum Gasteiger partial charge on any atom is 0.393 e. The van der Waals surface area contributed by atoms with Crippen LogP contribution in [0.1, 0.15) is 12.2 Å². The van der Waals surface area contributed by atoms with Crippen LogP contribution in [-0.4, -0.2) is 15.7 Å². The third kappa shape index (κ3) is 1.56. The Kier molecular flexibility index (Phi) is 1.94. The minimum Gasteiger partial charge on any atom is -0.382 e. The molecule has 0 aromatic carbocycles. The van der Waals surface area contributed by atoms with Gasteiger partial charge in [0.05, 0.1) is 5.92 Å². The molecule has 78 valence electrons. The Labute approximate surface area is 78.7 Å². The molecular weight excluding hydrogens is 195 g/mol. The highest BCUT2D eigenvalue weighted by Gasteiger charge is 2.41. The van der Waals surface area contributed by atoms with Gasteiger partial charge in [-0.3, -0.25) is 0 Å². The average Bonchev–Trinajstić information content (AvgIpc) is 2.41. The minimum atomic E-state index is -4.11. The van der Waals surface area contributed by atoms with Crippen LogP contribution < -0.4 is 5.73 Å². The quantitative estimate of drug-likeness (QED) is 0.699. The van der Waals surface area contributed by atoms with Crippen LogP contribution in [0.5, 0.6) is 0 Å². The Morgan fingerprint density at radius 3 is 2.86 bits per heavy atom. The number of rotatable bonds is 0. The number of nitrogens with two attached hydrogens (primary N) is 1. The van der Waals surface area contributed by atoms with E-state index in [0.29, 0.717) is 18.1 Å². The van der Waals surface area contributed by atoms with Gasteiger partial charge in [0, 0.05) is 19.2 Å². The summed E-state index contributed by atoms with van der Waals surface area (Å²) in [6.07, 6.45) is -2.19. The van der Waals surface area contributed by atoms with Crippen molar-refractivity contribution in [3.05, 3.63) is 12.0 Å². The molecule has 0 aliphatic carbocycles. The zero-order chi connectivity index (χ0) is 10.3. The fraction of sp³-hybridized carbons (Fsp3) is 0.625. The van der Waals surface area contributed by atoms with Gasteiger partial charge in [-0.25, -0.2) is 4.98 Å². The number of hydrogen-bond donors (Lipinski definition) is 1. The highest BCUT2D eigenvalue weighted by molar-refractivity contribution is 5.26. The Hall–Kier alpha value is -1.20. The van der Waals surface area contributed by atoms with Crippen molar-refractivity contribution in [2.75, 3.05) is 5.73 Å². The third-order valence-corrected chi connectivity index (χ3v) is 2.47. The smallest absolute Gasteiger partial charge is 0.382 e. The molecule has 0 saturated heterocycles. The summed E-state index contributed by atoms with van der Waals surface area (Å²) in [7, 11) is 0. The van der Waals surface area contributed by atoms with Crippen molar-refractivity contribution < 1.29 is 13.2 Å². The van der Waals surface area contributed by atoms with E-state index in [4.69, 9.17) is 5.73 Å². The Bertz CT molecular complexity index is 342. The summed E-state index contributed by atoms with van der Waals surface area (Å²) < 4.78 is 38.6. The highest BCUT2D eigenvalue weighted by Crippen LogP contribution is 2.34. The number of aromatic nitrogens is 2. The topological polar surface area (TPSA) is 43.8 Å².